The van der Waals surface area contributed by atoms with Gasteiger partial charge in [-0.05, 0) is 19.1 Å². The highest BCUT2D eigenvalue weighted by Gasteiger charge is 2.30. The molecule has 9 heteroatoms. The summed E-state index contributed by atoms with van der Waals surface area (Å²) in [4.78, 5) is 27.4. The maximum absolute atomic E-state index is 12.5. The molecule has 0 atom stereocenters. The summed E-state index contributed by atoms with van der Waals surface area (Å²) in [6.45, 7) is 3.36. The number of aryl methyl sites for hydroxylation is 1. The van der Waals surface area contributed by atoms with Gasteiger partial charge in [-0.3, -0.25) is 14.9 Å². The Morgan fingerprint density at radius 2 is 2.15 bits per heavy atom. The number of nitrogens with zero attached hydrogens (tertiary/aromatic N) is 3. The van der Waals surface area contributed by atoms with Crippen molar-refractivity contribution in [2.45, 2.75) is 19.1 Å². The summed E-state index contributed by atoms with van der Waals surface area (Å²) in [7, 11) is 1.69. The van der Waals surface area contributed by atoms with Crippen LogP contribution in [0, 0.1) is 10.1 Å². The molecule has 1 aliphatic heterocycles. The number of anilines is 1. The number of nitro groups is 1. The second-order valence-corrected chi connectivity index (χ2v) is 6.19. The molecule has 138 valence electrons. The van der Waals surface area contributed by atoms with Crippen LogP contribution in [0.15, 0.2) is 30.6 Å². The van der Waals surface area contributed by atoms with Gasteiger partial charge >= 0.3 is 0 Å². The monoisotopic (exact) mass is 360 g/mol. The molecule has 2 aromatic rings. The molecule has 0 bridgehead atoms. The van der Waals surface area contributed by atoms with E-state index < -0.39 is 10.7 Å². The lowest BCUT2D eigenvalue weighted by Crippen LogP contribution is -2.28. The van der Waals surface area contributed by atoms with E-state index >= 15 is 0 Å². The summed E-state index contributed by atoms with van der Waals surface area (Å²) in [6, 6.07) is 4.35. The summed E-state index contributed by atoms with van der Waals surface area (Å²) in [5, 5.41) is 14.4. The second kappa shape index (κ2) is 7.22. The Morgan fingerprint density at radius 3 is 2.77 bits per heavy atom. The van der Waals surface area contributed by atoms with E-state index in [2.05, 4.69) is 10.3 Å². The fraction of sp³-hybridized carbons (Fsp3) is 0.412. The van der Waals surface area contributed by atoms with Crippen LogP contribution in [0.4, 0.5) is 11.4 Å². The fourth-order valence-electron chi connectivity index (χ4n) is 2.81. The standard InChI is InChI=1S/C17H20N4O5/c1-17(25-9-10-26-17)5-6-18-13-4-3-12(11-14(13)21(23)24)15(22)16-19-7-8-20(16)2/h3-4,7-8,11,18H,5-6,9-10H2,1-2H3. The predicted octanol–water partition coefficient (Wildman–Crippen LogP) is 2.12. The van der Waals surface area contributed by atoms with Crippen LogP contribution in [0.5, 0.6) is 0 Å². The lowest BCUT2D eigenvalue weighted by molar-refractivity contribution is -0.384. The van der Waals surface area contributed by atoms with Crippen LogP contribution in [0.3, 0.4) is 0 Å². The van der Waals surface area contributed by atoms with E-state index in [4.69, 9.17) is 9.47 Å². The molecule has 0 saturated carbocycles. The highest BCUT2D eigenvalue weighted by molar-refractivity contribution is 6.07. The lowest BCUT2D eigenvalue weighted by atomic mass is 10.1. The highest BCUT2D eigenvalue weighted by Crippen LogP contribution is 2.28. The van der Waals surface area contributed by atoms with Gasteiger partial charge in [-0.15, -0.1) is 0 Å². The minimum atomic E-state index is -0.671. The summed E-state index contributed by atoms with van der Waals surface area (Å²) in [6.07, 6.45) is 3.69. The van der Waals surface area contributed by atoms with Crippen LogP contribution in [-0.2, 0) is 16.5 Å². The first-order valence-electron chi connectivity index (χ1n) is 8.22. The van der Waals surface area contributed by atoms with Gasteiger partial charge in [-0.25, -0.2) is 4.98 Å². The largest absolute Gasteiger partial charge is 0.379 e. The molecule has 1 aromatic carbocycles. The maximum Gasteiger partial charge on any atom is 0.293 e. The van der Waals surface area contributed by atoms with Gasteiger partial charge in [-0.1, -0.05) is 0 Å². The van der Waals surface area contributed by atoms with Gasteiger partial charge in [0.2, 0.25) is 5.78 Å². The van der Waals surface area contributed by atoms with Gasteiger partial charge in [0.15, 0.2) is 11.6 Å². The van der Waals surface area contributed by atoms with E-state index in [1.165, 1.54) is 18.3 Å². The van der Waals surface area contributed by atoms with Crippen molar-refractivity contribution in [2.75, 3.05) is 25.1 Å². The van der Waals surface area contributed by atoms with Crippen LogP contribution >= 0.6 is 0 Å². The molecule has 3 rings (SSSR count). The number of imidazole rings is 1. The Hall–Kier alpha value is -2.78. The van der Waals surface area contributed by atoms with E-state index in [0.29, 0.717) is 31.9 Å². The Bertz CT molecular complexity index is 826. The molecule has 0 amide bonds. The van der Waals surface area contributed by atoms with Gasteiger partial charge in [0, 0.05) is 44.0 Å². The summed E-state index contributed by atoms with van der Waals surface area (Å²) >= 11 is 0. The number of nitro benzene ring substituents is 1. The number of hydrogen-bond acceptors (Lipinski definition) is 7. The minimum Gasteiger partial charge on any atom is -0.379 e. The molecule has 1 aromatic heterocycles. The van der Waals surface area contributed by atoms with Crippen molar-refractivity contribution in [3.05, 3.63) is 52.1 Å². The van der Waals surface area contributed by atoms with Crippen molar-refractivity contribution < 1.29 is 19.2 Å². The van der Waals surface area contributed by atoms with Crippen LogP contribution in [-0.4, -0.2) is 45.8 Å². The Kier molecular flexibility index (Phi) is 5.01. The topological polar surface area (TPSA) is 109 Å². The van der Waals surface area contributed by atoms with Gasteiger partial charge in [0.25, 0.3) is 5.69 Å². The number of rotatable bonds is 7. The van der Waals surface area contributed by atoms with Crippen LogP contribution in [0.2, 0.25) is 0 Å². The van der Waals surface area contributed by atoms with Crippen molar-refractivity contribution in [1.82, 2.24) is 9.55 Å². The number of hydrogen-bond donors (Lipinski definition) is 1. The molecule has 1 saturated heterocycles. The van der Waals surface area contributed by atoms with E-state index in [9.17, 15) is 14.9 Å². The zero-order valence-corrected chi connectivity index (χ0v) is 14.6. The molecular weight excluding hydrogens is 340 g/mol. The third-order valence-corrected chi connectivity index (χ3v) is 4.27. The van der Waals surface area contributed by atoms with Crippen molar-refractivity contribution in [3.63, 3.8) is 0 Å². The smallest absolute Gasteiger partial charge is 0.293 e. The number of benzene rings is 1. The van der Waals surface area contributed by atoms with Crippen LogP contribution in [0.1, 0.15) is 29.5 Å². The lowest BCUT2D eigenvalue weighted by Gasteiger charge is -2.22. The molecule has 1 aliphatic rings. The van der Waals surface area contributed by atoms with E-state index in [1.807, 2.05) is 6.92 Å². The Balaban J connectivity index is 1.75. The zero-order valence-electron chi connectivity index (χ0n) is 14.6. The summed E-state index contributed by atoms with van der Waals surface area (Å²) in [5.41, 5.74) is 0.391. The number of carbonyl (C=O) groups is 1. The van der Waals surface area contributed by atoms with Crippen molar-refractivity contribution in [2.24, 2.45) is 7.05 Å². The van der Waals surface area contributed by atoms with Crippen molar-refractivity contribution >= 4 is 17.2 Å². The minimum absolute atomic E-state index is 0.163. The van der Waals surface area contributed by atoms with Crippen molar-refractivity contribution in [3.8, 4) is 0 Å². The van der Waals surface area contributed by atoms with Crippen molar-refractivity contribution in [1.29, 1.82) is 0 Å². The number of aromatic nitrogens is 2. The summed E-state index contributed by atoms with van der Waals surface area (Å²) in [5.74, 6) is -0.813. The molecule has 1 fully saturated rings. The average molecular weight is 360 g/mol. The highest BCUT2D eigenvalue weighted by atomic mass is 16.7. The number of ether oxygens (including phenoxy) is 2. The fourth-order valence-corrected chi connectivity index (χ4v) is 2.81. The number of nitrogens with one attached hydrogen (secondary N) is 1. The number of ketones is 1. The van der Waals surface area contributed by atoms with Crippen LogP contribution in [0.25, 0.3) is 0 Å². The first-order valence-corrected chi connectivity index (χ1v) is 8.22. The zero-order chi connectivity index (χ0) is 18.7. The maximum atomic E-state index is 12.5. The molecule has 9 nitrogen and oxygen atoms in total. The van der Waals surface area contributed by atoms with E-state index in [-0.39, 0.29) is 22.9 Å². The molecule has 26 heavy (non-hydrogen) atoms. The second-order valence-electron chi connectivity index (χ2n) is 6.19. The summed E-state index contributed by atoms with van der Waals surface area (Å²) < 4.78 is 12.6. The Labute approximate surface area is 150 Å². The predicted molar refractivity (Wildman–Crippen MR) is 93.2 cm³/mol. The molecule has 0 spiro atoms. The SMILES string of the molecule is Cn1ccnc1C(=O)c1ccc(NCCC2(C)OCCO2)c([N+](=O)[O-])c1. The molecular formula is C17H20N4O5. The molecule has 0 radical (unpaired) electrons. The van der Waals surface area contributed by atoms with E-state index in [0.717, 1.165) is 0 Å². The molecule has 0 unspecified atom stereocenters. The van der Waals surface area contributed by atoms with Gasteiger partial charge in [0.05, 0.1) is 18.1 Å². The van der Waals surface area contributed by atoms with Crippen LogP contribution < -0.4 is 5.32 Å². The quantitative estimate of drug-likeness (QED) is 0.458. The molecule has 2 heterocycles. The number of carbonyl (C=O) groups excluding carboxylic acids is 1. The third-order valence-electron chi connectivity index (χ3n) is 4.27. The molecule has 0 aliphatic carbocycles. The average Bonchev–Trinajstić information content (AvgIpc) is 3.23. The van der Waals surface area contributed by atoms with Gasteiger partial charge in [-0.2, -0.15) is 0 Å². The molecule has 1 N–H and O–H groups in total. The van der Waals surface area contributed by atoms with E-state index in [1.54, 1.807) is 23.9 Å². The van der Waals surface area contributed by atoms with Gasteiger partial charge in [0.1, 0.15) is 5.69 Å². The third kappa shape index (κ3) is 3.73. The first-order chi connectivity index (χ1) is 12.4. The van der Waals surface area contributed by atoms with Gasteiger partial charge < -0.3 is 19.4 Å². The normalized spacial score (nSPS) is 15.8. The first kappa shape index (κ1) is 18.0. The Morgan fingerprint density at radius 1 is 1.42 bits per heavy atom.